The number of carbonyl (C=O) groups excluding carboxylic acids is 1. The first-order valence-corrected chi connectivity index (χ1v) is 7.42. The minimum Gasteiger partial charge on any atom is -0.340 e. The Morgan fingerprint density at radius 3 is 2.28 bits per heavy atom. The summed E-state index contributed by atoms with van der Waals surface area (Å²) in [4.78, 5) is 16.8. The van der Waals surface area contributed by atoms with Gasteiger partial charge in [0.15, 0.2) is 0 Å². The Morgan fingerprint density at radius 1 is 1.11 bits per heavy atom. The molecule has 104 valence electrons. The van der Waals surface area contributed by atoms with E-state index in [1.165, 1.54) is 12.8 Å². The molecule has 1 aliphatic carbocycles. The van der Waals surface area contributed by atoms with Crippen LogP contribution in [0.2, 0.25) is 0 Å². The van der Waals surface area contributed by atoms with Crippen molar-refractivity contribution in [2.75, 3.05) is 39.3 Å². The zero-order chi connectivity index (χ0) is 13.0. The van der Waals surface area contributed by atoms with Crippen molar-refractivity contribution >= 4 is 5.91 Å². The van der Waals surface area contributed by atoms with E-state index in [1.54, 1.807) is 0 Å². The lowest BCUT2D eigenvalue weighted by Gasteiger charge is -2.37. The van der Waals surface area contributed by atoms with Crippen LogP contribution in [0.3, 0.4) is 0 Å². The van der Waals surface area contributed by atoms with Gasteiger partial charge in [0.25, 0.3) is 0 Å². The van der Waals surface area contributed by atoms with Crippen molar-refractivity contribution < 1.29 is 4.79 Å². The monoisotopic (exact) mass is 253 g/mol. The average Bonchev–Trinajstić information content (AvgIpc) is 2.40. The van der Waals surface area contributed by atoms with Crippen LogP contribution in [0.1, 0.15) is 32.6 Å². The fourth-order valence-corrected chi connectivity index (χ4v) is 3.14. The number of piperazine rings is 1. The highest BCUT2D eigenvalue weighted by Gasteiger charge is 2.29. The highest BCUT2D eigenvalue weighted by molar-refractivity contribution is 5.79. The van der Waals surface area contributed by atoms with Crippen molar-refractivity contribution in [3.05, 3.63) is 0 Å². The predicted octanol–water partition coefficient (Wildman–Crippen LogP) is 0.916. The first-order valence-electron chi connectivity index (χ1n) is 7.42. The summed E-state index contributed by atoms with van der Waals surface area (Å²) in [5.74, 6) is 1.53. The summed E-state index contributed by atoms with van der Waals surface area (Å²) >= 11 is 0. The molecule has 1 aliphatic heterocycles. The van der Waals surface area contributed by atoms with Gasteiger partial charge in [-0.25, -0.2) is 0 Å². The standard InChI is InChI=1S/C14H27N3O/c1-12-2-4-13(5-3-12)14(18)17-10-8-16(7-6-15)9-11-17/h12-13H,2-11,15H2,1H3. The topological polar surface area (TPSA) is 49.6 Å². The molecule has 2 N–H and O–H groups in total. The van der Waals surface area contributed by atoms with E-state index in [0.717, 1.165) is 51.5 Å². The third kappa shape index (κ3) is 3.45. The van der Waals surface area contributed by atoms with E-state index in [2.05, 4.69) is 16.7 Å². The molecule has 2 rings (SSSR count). The Labute approximate surface area is 110 Å². The van der Waals surface area contributed by atoms with Crippen molar-refractivity contribution in [1.29, 1.82) is 0 Å². The number of hydrogen-bond donors (Lipinski definition) is 1. The summed E-state index contributed by atoms with van der Waals surface area (Å²) in [7, 11) is 0. The number of amides is 1. The van der Waals surface area contributed by atoms with Crippen LogP contribution in [0.25, 0.3) is 0 Å². The maximum atomic E-state index is 12.4. The number of nitrogens with zero attached hydrogens (tertiary/aromatic N) is 2. The van der Waals surface area contributed by atoms with Crippen LogP contribution in [0.4, 0.5) is 0 Å². The Morgan fingerprint density at radius 2 is 1.72 bits per heavy atom. The summed E-state index contributed by atoms with van der Waals surface area (Å²) in [6.45, 7) is 7.75. The van der Waals surface area contributed by atoms with Gasteiger partial charge in [-0.2, -0.15) is 0 Å². The first-order chi connectivity index (χ1) is 8.70. The van der Waals surface area contributed by atoms with E-state index in [4.69, 9.17) is 5.73 Å². The van der Waals surface area contributed by atoms with Crippen LogP contribution in [0.5, 0.6) is 0 Å². The molecule has 18 heavy (non-hydrogen) atoms. The van der Waals surface area contributed by atoms with Gasteiger partial charge in [0.2, 0.25) is 5.91 Å². The molecular formula is C14H27N3O. The van der Waals surface area contributed by atoms with Gasteiger partial charge in [-0.15, -0.1) is 0 Å². The van der Waals surface area contributed by atoms with E-state index in [-0.39, 0.29) is 0 Å². The van der Waals surface area contributed by atoms with Crippen molar-refractivity contribution in [3.8, 4) is 0 Å². The highest BCUT2D eigenvalue weighted by Crippen LogP contribution is 2.29. The molecular weight excluding hydrogens is 226 g/mol. The Balaban J connectivity index is 1.77. The Hall–Kier alpha value is -0.610. The van der Waals surface area contributed by atoms with Crippen LogP contribution in [0, 0.1) is 11.8 Å². The Bertz CT molecular complexity index is 266. The fourth-order valence-electron chi connectivity index (χ4n) is 3.14. The van der Waals surface area contributed by atoms with Gasteiger partial charge in [0.05, 0.1) is 0 Å². The molecule has 0 aromatic rings. The van der Waals surface area contributed by atoms with Gasteiger partial charge in [0.1, 0.15) is 0 Å². The van der Waals surface area contributed by atoms with Crippen molar-refractivity contribution in [3.63, 3.8) is 0 Å². The smallest absolute Gasteiger partial charge is 0.225 e. The SMILES string of the molecule is CC1CCC(C(=O)N2CCN(CCN)CC2)CC1. The minimum atomic E-state index is 0.308. The molecule has 1 saturated carbocycles. The molecule has 0 atom stereocenters. The van der Waals surface area contributed by atoms with Crippen LogP contribution in [-0.2, 0) is 4.79 Å². The van der Waals surface area contributed by atoms with Gasteiger partial charge >= 0.3 is 0 Å². The summed E-state index contributed by atoms with van der Waals surface area (Å²) in [5, 5.41) is 0. The molecule has 0 unspecified atom stereocenters. The molecule has 2 aliphatic rings. The summed E-state index contributed by atoms with van der Waals surface area (Å²) in [6, 6.07) is 0. The van der Waals surface area contributed by atoms with Gasteiger partial charge < -0.3 is 10.6 Å². The molecule has 0 aromatic heterocycles. The largest absolute Gasteiger partial charge is 0.340 e. The van der Waals surface area contributed by atoms with E-state index in [9.17, 15) is 4.79 Å². The molecule has 0 spiro atoms. The van der Waals surface area contributed by atoms with E-state index < -0.39 is 0 Å². The second kappa shape index (κ2) is 6.53. The molecule has 4 nitrogen and oxygen atoms in total. The summed E-state index contributed by atoms with van der Waals surface area (Å²) < 4.78 is 0. The van der Waals surface area contributed by atoms with Crippen molar-refractivity contribution in [2.24, 2.45) is 17.6 Å². The molecule has 0 radical (unpaired) electrons. The molecule has 4 heteroatoms. The van der Waals surface area contributed by atoms with Crippen LogP contribution < -0.4 is 5.73 Å². The van der Waals surface area contributed by atoms with Gasteiger partial charge in [-0.3, -0.25) is 9.69 Å². The minimum absolute atomic E-state index is 0.308. The maximum Gasteiger partial charge on any atom is 0.225 e. The summed E-state index contributed by atoms with van der Waals surface area (Å²) in [6.07, 6.45) is 4.65. The molecule has 0 bridgehead atoms. The average molecular weight is 253 g/mol. The number of hydrogen-bond acceptors (Lipinski definition) is 3. The number of nitrogens with two attached hydrogens (primary N) is 1. The first kappa shape index (κ1) is 13.8. The molecule has 1 heterocycles. The van der Waals surface area contributed by atoms with Crippen LogP contribution in [-0.4, -0.2) is 55.0 Å². The fraction of sp³-hybridized carbons (Fsp3) is 0.929. The maximum absolute atomic E-state index is 12.4. The molecule has 2 fully saturated rings. The second-order valence-corrected chi connectivity index (χ2v) is 5.91. The summed E-state index contributed by atoms with van der Waals surface area (Å²) in [5.41, 5.74) is 5.56. The van der Waals surface area contributed by atoms with E-state index in [0.29, 0.717) is 18.4 Å². The second-order valence-electron chi connectivity index (χ2n) is 5.91. The lowest BCUT2D eigenvalue weighted by molar-refractivity contribution is -0.138. The molecule has 1 saturated heterocycles. The van der Waals surface area contributed by atoms with Gasteiger partial charge in [-0.1, -0.05) is 6.92 Å². The molecule has 0 aromatic carbocycles. The van der Waals surface area contributed by atoms with Crippen molar-refractivity contribution in [1.82, 2.24) is 9.80 Å². The van der Waals surface area contributed by atoms with E-state index in [1.807, 2.05) is 0 Å². The lowest BCUT2D eigenvalue weighted by atomic mass is 9.82. The normalized spacial score (nSPS) is 30.4. The van der Waals surface area contributed by atoms with Gasteiger partial charge in [-0.05, 0) is 31.6 Å². The zero-order valence-corrected chi connectivity index (χ0v) is 11.6. The highest BCUT2D eigenvalue weighted by atomic mass is 16.2. The molecule has 1 amide bonds. The zero-order valence-electron chi connectivity index (χ0n) is 11.6. The number of rotatable bonds is 3. The third-order valence-corrected chi connectivity index (χ3v) is 4.49. The Kier molecular flexibility index (Phi) is 5.01. The lowest BCUT2D eigenvalue weighted by Crippen LogP contribution is -2.51. The third-order valence-electron chi connectivity index (χ3n) is 4.49. The van der Waals surface area contributed by atoms with Crippen molar-refractivity contribution in [2.45, 2.75) is 32.6 Å². The van der Waals surface area contributed by atoms with E-state index >= 15 is 0 Å². The van der Waals surface area contributed by atoms with Crippen LogP contribution >= 0.6 is 0 Å². The number of carbonyl (C=O) groups is 1. The van der Waals surface area contributed by atoms with Crippen LogP contribution in [0.15, 0.2) is 0 Å². The quantitative estimate of drug-likeness (QED) is 0.813. The predicted molar refractivity (Wildman–Crippen MR) is 73.2 cm³/mol. The van der Waals surface area contributed by atoms with Gasteiger partial charge in [0, 0.05) is 45.2 Å².